The summed E-state index contributed by atoms with van der Waals surface area (Å²) in [4.78, 5) is 0. The highest BCUT2D eigenvalue weighted by Gasteiger charge is 2.28. The summed E-state index contributed by atoms with van der Waals surface area (Å²) in [5.41, 5.74) is 1.71. The van der Waals surface area contributed by atoms with Crippen LogP contribution in [0.25, 0.3) is 0 Å². The second-order valence-electron chi connectivity index (χ2n) is 5.75. The summed E-state index contributed by atoms with van der Waals surface area (Å²) in [6.07, 6.45) is 2.31. The second-order valence-corrected chi connectivity index (χ2v) is 6.61. The summed E-state index contributed by atoms with van der Waals surface area (Å²) in [6.45, 7) is 11.4. The van der Waals surface area contributed by atoms with E-state index in [1.54, 1.807) is 0 Å². The first-order valence-electron chi connectivity index (χ1n) is 6.93. The van der Waals surface area contributed by atoms with Crippen LogP contribution in [0.5, 0.6) is 0 Å². The monoisotopic (exact) mass is 311 g/mol. The molecule has 0 fully saturated rings. The third-order valence-electron chi connectivity index (χ3n) is 3.90. The van der Waals surface area contributed by atoms with Crippen LogP contribution in [-0.2, 0) is 6.42 Å². The minimum absolute atomic E-state index is 0.305. The molecule has 0 spiro atoms. The van der Waals surface area contributed by atoms with Crippen molar-refractivity contribution in [2.45, 2.75) is 40.5 Å². The zero-order valence-corrected chi connectivity index (χ0v) is 13.7. The van der Waals surface area contributed by atoms with E-state index in [2.05, 4.69) is 73.2 Å². The smallest absolute Gasteiger partial charge is 0.0207 e. The van der Waals surface area contributed by atoms with Crippen molar-refractivity contribution in [3.05, 3.63) is 34.3 Å². The highest BCUT2D eigenvalue weighted by Crippen LogP contribution is 2.33. The van der Waals surface area contributed by atoms with E-state index in [1.165, 1.54) is 16.5 Å². The molecule has 2 heteroatoms. The van der Waals surface area contributed by atoms with Crippen molar-refractivity contribution in [1.29, 1.82) is 0 Å². The van der Waals surface area contributed by atoms with Crippen LogP contribution in [0.2, 0.25) is 0 Å². The molecule has 18 heavy (non-hydrogen) atoms. The maximum Gasteiger partial charge on any atom is 0.0207 e. The van der Waals surface area contributed by atoms with Gasteiger partial charge in [-0.15, -0.1) is 0 Å². The van der Waals surface area contributed by atoms with E-state index in [1.807, 2.05) is 0 Å². The van der Waals surface area contributed by atoms with Crippen LogP contribution in [0.1, 0.15) is 39.7 Å². The Balaban J connectivity index is 2.76. The van der Waals surface area contributed by atoms with Gasteiger partial charge in [0.25, 0.3) is 0 Å². The number of nitrogens with one attached hydrogen (secondary N) is 1. The van der Waals surface area contributed by atoms with Crippen molar-refractivity contribution >= 4 is 15.9 Å². The molecule has 1 nitrogen and oxygen atoms in total. The molecule has 0 radical (unpaired) electrons. The summed E-state index contributed by atoms with van der Waals surface area (Å²) in [7, 11) is 0. The van der Waals surface area contributed by atoms with Gasteiger partial charge in [0.05, 0.1) is 0 Å². The average molecular weight is 312 g/mol. The lowest BCUT2D eigenvalue weighted by Gasteiger charge is -2.34. The van der Waals surface area contributed by atoms with Crippen LogP contribution in [0.3, 0.4) is 0 Å². The van der Waals surface area contributed by atoms with Crippen LogP contribution in [0.4, 0.5) is 0 Å². The fourth-order valence-electron chi connectivity index (χ4n) is 2.10. The predicted octanol–water partition coefficient (Wildman–Crippen LogP) is 4.65. The summed E-state index contributed by atoms with van der Waals surface area (Å²) in [5.74, 6) is 0.661. The van der Waals surface area contributed by atoms with E-state index in [4.69, 9.17) is 0 Å². The molecule has 1 aromatic carbocycles. The third-order valence-corrected chi connectivity index (χ3v) is 4.68. The molecule has 1 aromatic rings. The molecule has 1 N–H and O–H groups in total. The molecule has 0 saturated heterocycles. The molecule has 0 aliphatic rings. The molecule has 0 amide bonds. The molecule has 1 unspecified atom stereocenters. The number of hydrogen-bond acceptors (Lipinski definition) is 1. The van der Waals surface area contributed by atoms with Gasteiger partial charge >= 0.3 is 0 Å². The molecule has 102 valence electrons. The van der Waals surface area contributed by atoms with E-state index in [-0.39, 0.29) is 0 Å². The zero-order chi connectivity index (χ0) is 13.6. The van der Waals surface area contributed by atoms with E-state index in [9.17, 15) is 0 Å². The minimum atomic E-state index is 0.305. The standard InChI is InChI=1S/C16H26BrN/c1-5-10-18-12-16(4,13(2)3)11-14-8-6-7-9-15(14)17/h6-9,13,18H,5,10-12H2,1-4H3. The topological polar surface area (TPSA) is 12.0 Å². The Morgan fingerprint density at radius 2 is 1.94 bits per heavy atom. The molecular formula is C16H26BrN. The Bertz CT molecular complexity index is 362. The summed E-state index contributed by atoms with van der Waals surface area (Å²) in [5, 5.41) is 3.58. The van der Waals surface area contributed by atoms with Gasteiger partial charge in [0.15, 0.2) is 0 Å². The lowest BCUT2D eigenvalue weighted by molar-refractivity contribution is 0.207. The Kier molecular flexibility index (Phi) is 6.37. The lowest BCUT2D eigenvalue weighted by Crippen LogP contribution is -2.38. The van der Waals surface area contributed by atoms with Gasteiger partial charge in [0.2, 0.25) is 0 Å². The molecule has 0 aromatic heterocycles. The number of hydrogen-bond donors (Lipinski definition) is 1. The highest BCUT2D eigenvalue weighted by molar-refractivity contribution is 9.10. The number of rotatable bonds is 7. The number of halogens is 1. The van der Waals surface area contributed by atoms with Crippen molar-refractivity contribution in [3.8, 4) is 0 Å². The molecule has 0 aliphatic heterocycles. The van der Waals surface area contributed by atoms with Gasteiger partial charge in [-0.3, -0.25) is 0 Å². The van der Waals surface area contributed by atoms with Crippen LogP contribution >= 0.6 is 15.9 Å². The van der Waals surface area contributed by atoms with Crippen LogP contribution in [-0.4, -0.2) is 13.1 Å². The van der Waals surface area contributed by atoms with Gasteiger partial charge in [-0.2, -0.15) is 0 Å². The Morgan fingerprint density at radius 1 is 1.28 bits per heavy atom. The predicted molar refractivity (Wildman–Crippen MR) is 84.0 cm³/mol. The Labute approximate surface area is 120 Å². The summed E-state index contributed by atoms with van der Waals surface area (Å²) in [6, 6.07) is 8.57. The van der Waals surface area contributed by atoms with Gasteiger partial charge < -0.3 is 5.32 Å². The third kappa shape index (κ3) is 4.40. The van der Waals surface area contributed by atoms with Gasteiger partial charge in [-0.25, -0.2) is 0 Å². The Hall–Kier alpha value is -0.340. The minimum Gasteiger partial charge on any atom is -0.316 e. The van der Waals surface area contributed by atoms with E-state index in [0.717, 1.165) is 19.5 Å². The quantitative estimate of drug-likeness (QED) is 0.722. The number of benzene rings is 1. The van der Waals surface area contributed by atoms with Crippen molar-refractivity contribution in [2.75, 3.05) is 13.1 Å². The molecule has 1 rings (SSSR count). The van der Waals surface area contributed by atoms with Crippen LogP contribution < -0.4 is 5.32 Å². The van der Waals surface area contributed by atoms with E-state index in [0.29, 0.717) is 11.3 Å². The maximum absolute atomic E-state index is 3.66. The molecule has 0 saturated carbocycles. The Morgan fingerprint density at radius 3 is 2.50 bits per heavy atom. The van der Waals surface area contributed by atoms with Gasteiger partial charge in [0.1, 0.15) is 0 Å². The molecule has 0 heterocycles. The fourth-order valence-corrected chi connectivity index (χ4v) is 2.52. The average Bonchev–Trinajstić information content (AvgIpc) is 2.32. The lowest BCUT2D eigenvalue weighted by atomic mass is 9.74. The maximum atomic E-state index is 3.66. The van der Waals surface area contributed by atoms with Crippen molar-refractivity contribution < 1.29 is 0 Å². The molecule has 1 atom stereocenters. The summed E-state index contributed by atoms with van der Waals surface area (Å²) < 4.78 is 1.23. The largest absolute Gasteiger partial charge is 0.316 e. The van der Waals surface area contributed by atoms with Crippen LogP contribution in [0.15, 0.2) is 28.7 Å². The SMILES string of the molecule is CCCNCC(C)(Cc1ccccc1Br)C(C)C. The molecule has 0 aliphatic carbocycles. The zero-order valence-electron chi connectivity index (χ0n) is 12.1. The van der Waals surface area contributed by atoms with Crippen LogP contribution in [0, 0.1) is 11.3 Å². The highest BCUT2D eigenvalue weighted by atomic mass is 79.9. The second kappa shape index (κ2) is 7.30. The normalized spacial score (nSPS) is 14.8. The van der Waals surface area contributed by atoms with Gasteiger partial charge in [-0.05, 0) is 42.3 Å². The fraction of sp³-hybridized carbons (Fsp3) is 0.625. The van der Waals surface area contributed by atoms with Crippen molar-refractivity contribution in [2.24, 2.45) is 11.3 Å². The van der Waals surface area contributed by atoms with E-state index >= 15 is 0 Å². The first kappa shape index (κ1) is 15.7. The van der Waals surface area contributed by atoms with Crippen molar-refractivity contribution in [3.63, 3.8) is 0 Å². The first-order valence-corrected chi connectivity index (χ1v) is 7.73. The van der Waals surface area contributed by atoms with Gasteiger partial charge in [-0.1, -0.05) is 61.8 Å². The molecule has 0 bridgehead atoms. The van der Waals surface area contributed by atoms with Crippen molar-refractivity contribution in [1.82, 2.24) is 5.32 Å². The van der Waals surface area contributed by atoms with E-state index < -0.39 is 0 Å². The van der Waals surface area contributed by atoms with Gasteiger partial charge in [0, 0.05) is 11.0 Å². The summed E-state index contributed by atoms with van der Waals surface area (Å²) >= 11 is 3.66. The first-order chi connectivity index (χ1) is 8.49. The molecular weight excluding hydrogens is 286 g/mol.